The molecule has 2 amide bonds. The van der Waals surface area contributed by atoms with Gasteiger partial charge in [0.05, 0.1) is 18.7 Å². The molecule has 0 heterocycles. The number of anilines is 1. The van der Waals surface area contributed by atoms with E-state index in [1.54, 1.807) is 0 Å². The van der Waals surface area contributed by atoms with E-state index in [1.165, 1.54) is 19.1 Å². The molecule has 6 nitrogen and oxygen atoms in total. The molecule has 0 saturated carbocycles. The monoisotopic (exact) mass is 362 g/mol. The van der Waals surface area contributed by atoms with Gasteiger partial charge in [-0.1, -0.05) is 19.9 Å². The number of hydrogen-bond donors (Lipinski definition) is 2. The topological polar surface area (TPSA) is 76.7 Å². The summed E-state index contributed by atoms with van der Waals surface area (Å²) in [7, 11) is 0. The van der Waals surface area contributed by atoms with Gasteiger partial charge in [0.2, 0.25) is 0 Å². The number of carbonyl (C=O) groups excluding carboxylic acids is 2. The lowest BCUT2D eigenvalue weighted by atomic mass is 10.2. The molecule has 1 aromatic rings. The van der Waals surface area contributed by atoms with Gasteiger partial charge in [-0.05, 0) is 31.0 Å². The summed E-state index contributed by atoms with van der Waals surface area (Å²) in [6.07, 6.45) is -6.76. The van der Waals surface area contributed by atoms with Crippen LogP contribution in [0.5, 0.6) is 0 Å². The molecule has 0 fully saturated rings. The molecule has 0 aliphatic rings. The Labute approximate surface area is 143 Å². The Morgan fingerprint density at radius 3 is 2.44 bits per heavy atom. The number of benzene rings is 1. The molecule has 25 heavy (non-hydrogen) atoms. The van der Waals surface area contributed by atoms with Crippen LogP contribution in [0.15, 0.2) is 24.3 Å². The lowest BCUT2D eigenvalue weighted by Crippen LogP contribution is -2.35. The van der Waals surface area contributed by atoms with Gasteiger partial charge in [0, 0.05) is 5.69 Å². The molecule has 0 radical (unpaired) electrons. The highest BCUT2D eigenvalue weighted by Crippen LogP contribution is 2.30. The van der Waals surface area contributed by atoms with Gasteiger partial charge in [0.15, 0.2) is 0 Å². The van der Waals surface area contributed by atoms with Crippen LogP contribution in [0.3, 0.4) is 0 Å². The number of alkyl carbamates (subject to hydrolysis) is 1. The average Bonchev–Trinajstić information content (AvgIpc) is 2.50. The Morgan fingerprint density at radius 1 is 1.16 bits per heavy atom. The summed E-state index contributed by atoms with van der Waals surface area (Å²) in [5.41, 5.74) is -0.927. The van der Waals surface area contributed by atoms with Crippen molar-refractivity contribution in [2.45, 2.75) is 33.1 Å². The second kappa shape index (κ2) is 9.14. The lowest BCUT2D eigenvalue weighted by molar-refractivity contribution is -0.137. The summed E-state index contributed by atoms with van der Waals surface area (Å²) in [4.78, 5) is 23.0. The second-order valence-electron chi connectivity index (χ2n) is 5.79. The van der Waals surface area contributed by atoms with Crippen molar-refractivity contribution >= 4 is 17.9 Å². The summed E-state index contributed by atoms with van der Waals surface area (Å²) in [5, 5.41) is 4.63. The van der Waals surface area contributed by atoms with Crippen molar-refractivity contribution in [1.82, 2.24) is 5.32 Å². The highest BCUT2D eigenvalue weighted by Gasteiger charge is 2.30. The second-order valence-corrected chi connectivity index (χ2v) is 5.79. The fraction of sp³-hybridized carbons (Fsp3) is 0.500. The molecule has 0 saturated heterocycles. The third-order valence-corrected chi connectivity index (χ3v) is 2.83. The Hall–Kier alpha value is -2.45. The third-order valence-electron chi connectivity index (χ3n) is 2.83. The Kier molecular flexibility index (Phi) is 7.53. The highest BCUT2D eigenvalue weighted by atomic mass is 19.4. The molecule has 9 heteroatoms. The van der Waals surface area contributed by atoms with Crippen molar-refractivity contribution in [3.63, 3.8) is 0 Å². The van der Waals surface area contributed by atoms with E-state index in [1.807, 2.05) is 13.8 Å². The first-order valence-corrected chi connectivity index (χ1v) is 7.63. The predicted molar refractivity (Wildman–Crippen MR) is 85.2 cm³/mol. The van der Waals surface area contributed by atoms with Crippen LogP contribution < -0.4 is 10.6 Å². The van der Waals surface area contributed by atoms with Crippen molar-refractivity contribution in [2.75, 3.05) is 18.5 Å². The van der Waals surface area contributed by atoms with E-state index in [2.05, 4.69) is 10.6 Å². The van der Waals surface area contributed by atoms with Gasteiger partial charge in [-0.15, -0.1) is 0 Å². The van der Waals surface area contributed by atoms with E-state index in [4.69, 9.17) is 9.47 Å². The zero-order valence-electron chi connectivity index (χ0n) is 14.1. The molecule has 140 valence electrons. The molecule has 1 atom stereocenters. The van der Waals surface area contributed by atoms with Crippen LogP contribution in [0.4, 0.5) is 28.4 Å². The minimum atomic E-state index is -4.50. The number of nitrogens with one attached hydrogen (secondary N) is 2. The van der Waals surface area contributed by atoms with E-state index >= 15 is 0 Å². The van der Waals surface area contributed by atoms with Gasteiger partial charge in [-0.2, -0.15) is 13.2 Å². The van der Waals surface area contributed by atoms with Crippen LogP contribution >= 0.6 is 0 Å². The third kappa shape index (κ3) is 8.27. The van der Waals surface area contributed by atoms with Crippen LogP contribution in [0.25, 0.3) is 0 Å². The van der Waals surface area contributed by atoms with Crippen LogP contribution in [0.1, 0.15) is 26.3 Å². The van der Waals surface area contributed by atoms with Gasteiger partial charge in [0.25, 0.3) is 0 Å². The standard InChI is InChI=1S/C16H21F3N2O4/c1-10(2)9-24-14(22)20-8-11(3)25-15(23)21-13-6-4-5-12(7-13)16(17,18)19/h4-7,10-11H,8-9H2,1-3H3,(H,20,22)(H,21,23). The minimum Gasteiger partial charge on any atom is -0.449 e. The fourth-order valence-electron chi connectivity index (χ4n) is 1.67. The van der Waals surface area contributed by atoms with Gasteiger partial charge >= 0.3 is 18.4 Å². The summed E-state index contributed by atoms with van der Waals surface area (Å²) in [6, 6.07) is 4.18. The largest absolute Gasteiger partial charge is 0.449 e. The van der Waals surface area contributed by atoms with Crippen molar-refractivity contribution in [2.24, 2.45) is 5.92 Å². The SMILES string of the molecule is CC(C)COC(=O)NCC(C)OC(=O)Nc1cccc(C(F)(F)F)c1. The van der Waals surface area contributed by atoms with Gasteiger partial charge in [-0.25, -0.2) is 9.59 Å². The van der Waals surface area contributed by atoms with Gasteiger partial charge in [-0.3, -0.25) is 5.32 Å². The Morgan fingerprint density at radius 2 is 1.84 bits per heavy atom. The summed E-state index contributed by atoms with van der Waals surface area (Å²) in [6.45, 7) is 5.56. The number of hydrogen-bond acceptors (Lipinski definition) is 4. The zero-order valence-corrected chi connectivity index (χ0v) is 14.1. The molecule has 2 N–H and O–H groups in total. The first-order chi connectivity index (χ1) is 11.6. The molecule has 0 spiro atoms. The van der Waals surface area contributed by atoms with E-state index in [9.17, 15) is 22.8 Å². The summed E-state index contributed by atoms with van der Waals surface area (Å²) >= 11 is 0. The molecular formula is C16H21F3N2O4. The average molecular weight is 362 g/mol. The molecule has 1 unspecified atom stereocenters. The van der Waals surface area contributed by atoms with Crippen LogP contribution in [0, 0.1) is 5.92 Å². The summed E-state index contributed by atoms with van der Waals surface area (Å²) < 4.78 is 47.7. The molecule has 0 aromatic heterocycles. The zero-order chi connectivity index (χ0) is 19.0. The number of carbonyl (C=O) groups is 2. The van der Waals surface area contributed by atoms with Crippen molar-refractivity contribution < 1.29 is 32.2 Å². The maximum Gasteiger partial charge on any atom is 0.416 e. The molecule has 1 aromatic carbocycles. The van der Waals surface area contributed by atoms with Crippen molar-refractivity contribution in [3.8, 4) is 0 Å². The van der Waals surface area contributed by atoms with E-state index < -0.39 is 30.0 Å². The first-order valence-electron chi connectivity index (χ1n) is 7.63. The van der Waals surface area contributed by atoms with Crippen LogP contribution in [-0.4, -0.2) is 31.4 Å². The molecule has 0 aliphatic heterocycles. The number of halogens is 3. The highest BCUT2D eigenvalue weighted by molar-refractivity contribution is 5.84. The van der Waals surface area contributed by atoms with E-state index in [0.717, 1.165) is 12.1 Å². The van der Waals surface area contributed by atoms with Crippen LogP contribution in [-0.2, 0) is 15.7 Å². The van der Waals surface area contributed by atoms with Crippen molar-refractivity contribution in [3.05, 3.63) is 29.8 Å². The van der Waals surface area contributed by atoms with Gasteiger partial charge in [0.1, 0.15) is 6.10 Å². The maximum absolute atomic E-state index is 12.6. The number of rotatable bonds is 6. The lowest BCUT2D eigenvalue weighted by Gasteiger charge is -2.15. The van der Waals surface area contributed by atoms with E-state index in [-0.39, 0.29) is 24.8 Å². The number of amides is 2. The predicted octanol–water partition coefficient (Wildman–Crippen LogP) is 4.02. The summed E-state index contributed by atoms with van der Waals surface area (Å²) in [5.74, 6) is 0.192. The number of ether oxygens (including phenoxy) is 2. The quantitative estimate of drug-likeness (QED) is 0.801. The molecular weight excluding hydrogens is 341 g/mol. The Balaban J connectivity index is 2.42. The van der Waals surface area contributed by atoms with Gasteiger partial charge < -0.3 is 14.8 Å². The smallest absolute Gasteiger partial charge is 0.416 e. The number of alkyl halides is 3. The fourth-order valence-corrected chi connectivity index (χ4v) is 1.67. The Bertz CT molecular complexity index is 591. The molecule has 1 rings (SSSR count). The minimum absolute atomic E-state index is 0.00688. The normalized spacial score (nSPS) is 12.4. The molecule has 0 bridgehead atoms. The molecule has 0 aliphatic carbocycles. The van der Waals surface area contributed by atoms with Crippen LogP contribution in [0.2, 0.25) is 0 Å². The maximum atomic E-state index is 12.6. The van der Waals surface area contributed by atoms with Crippen molar-refractivity contribution in [1.29, 1.82) is 0 Å². The van der Waals surface area contributed by atoms with E-state index in [0.29, 0.717) is 0 Å². The first kappa shape index (κ1) is 20.6.